The van der Waals surface area contributed by atoms with Crippen LogP contribution < -0.4 is 15.3 Å². The second kappa shape index (κ2) is 7.89. The van der Waals surface area contributed by atoms with E-state index in [2.05, 4.69) is 4.98 Å². The first-order valence-corrected chi connectivity index (χ1v) is 9.87. The first kappa shape index (κ1) is 18.9. The van der Waals surface area contributed by atoms with Gasteiger partial charge in [0.05, 0.1) is 11.4 Å². The van der Waals surface area contributed by atoms with Crippen molar-refractivity contribution in [2.24, 2.45) is 0 Å². The molecule has 0 atom stereocenters. The summed E-state index contributed by atoms with van der Waals surface area (Å²) in [5.41, 5.74) is 2.40. The van der Waals surface area contributed by atoms with Crippen LogP contribution in [0.3, 0.4) is 0 Å². The lowest BCUT2D eigenvalue weighted by Crippen LogP contribution is -2.30. The molecule has 29 heavy (non-hydrogen) atoms. The lowest BCUT2D eigenvalue weighted by atomic mass is 10.1. The van der Waals surface area contributed by atoms with Crippen molar-refractivity contribution in [1.29, 1.82) is 0 Å². The molecule has 0 aliphatic rings. The average Bonchev–Trinajstić information content (AvgIpc) is 3.12. The van der Waals surface area contributed by atoms with Crippen LogP contribution in [-0.2, 0) is 4.79 Å². The van der Waals surface area contributed by atoms with Crippen molar-refractivity contribution in [3.63, 3.8) is 0 Å². The molecule has 7 heteroatoms. The Bertz CT molecular complexity index is 1230. The van der Waals surface area contributed by atoms with Crippen LogP contribution >= 0.6 is 11.3 Å². The van der Waals surface area contributed by atoms with E-state index >= 15 is 0 Å². The fourth-order valence-corrected chi connectivity index (χ4v) is 3.83. The number of aryl methyl sites for hydroxylation is 2. The number of rotatable bonds is 5. The van der Waals surface area contributed by atoms with Crippen molar-refractivity contribution in [2.75, 3.05) is 11.5 Å². The number of benzene rings is 2. The first-order valence-electron chi connectivity index (χ1n) is 8.99. The summed E-state index contributed by atoms with van der Waals surface area (Å²) in [6, 6.07) is 16.0. The number of anilines is 2. The molecule has 2 aromatic heterocycles. The zero-order valence-electron chi connectivity index (χ0n) is 15.9. The van der Waals surface area contributed by atoms with Crippen LogP contribution in [0.5, 0.6) is 5.75 Å². The number of hydrogen-bond acceptors (Lipinski definition) is 6. The van der Waals surface area contributed by atoms with Gasteiger partial charge in [-0.1, -0.05) is 18.2 Å². The summed E-state index contributed by atoms with van der Waals surface area (Å²) in [4.78, 5) is 30.6. The van der Waals surface area contributed by atoms with E-state index in [1.54, 1.807) is 17.0 Å². The molecule has 0 radical (unpaired) electrons. The van der Waals surface area contributed by atoms with Gasteiger partial charge in [0.25, 0.3) is 5.91 Å². The Hall–Kier alpha value is -3.45. The highest BCUT2D eigenvalue weighted by Crippen LogP contribution is 2.29. The molecule has 0 bridgehead atoms. The molecule has 4 aromatic rings. The van der Waals surface area contributed by atoms with Gasteiger partial charge in [-0.25, -0.2) is 9.78 Å². The zero-order chi connectivity index (χ0) is 20.4. The molecule has 1 amide bonds. The van der Waals surface area contributed by atoms with E-state index in [1.807, 2.05) is 55.6 Å². The van der Waals surface area contributed by atoms with Crippen molar-refractivity contribution in [3.8, 4) is 5.75 Å². The third kappa shape index (κ3) is 4.05. The van der Waals surface area contributed by atoms with E-state index in [4.69, 9.17) is 9.15 Å². The van der Waals surface area contributed by atoms with Gasteiger partial charge in [0, 0.05) is 22.9 Å². The highest BCUT2D eigenvalue weighted by Gasteiger charge is 2.21. The summed E-state index contributed by atoms with van der Waals surface area (Å²) in [6.07, 6.45) is 0. The predicted octanol–water partition coefficient (Wildman–Crippen LogP) is 4.61. The summed E-state index contributed by atoms with van der Waals surface area (Å²) in [6.45, 7) is 3.54. The first-order chi connectivity index (χ1) is 14.0. The van der Waals surface area contributed by atoms with Crippen LogP contribution in [0.2, 0.25) is 0 Å². The quantitative estimate of drug-likeness (QED) is 0.453. The van der Waals surface area contributed by atoms with Gasteiger partial charge in [-0.15, -0.1) is 11.3 Å². The van der Waals surface area contributed by atoms with Crippen LogP contribution in [-0.4, -0.2) is 17.5 Å². The molecule has 2 aromatic carbocycles. The summed E-state index contributed by atoms with van der Waals surface area (Å²) in [5, 5.41) is 3.31. The Morgan fingerprint density at radius 3 is 2.66 bits per heavy atom. The van der Waals surface area contributed by atoms with E-state index in [9.17, 15) is 9.59 Å². The highest BCUT2D eigenvalue weighted by atomic mass is 32.1. The van der Waals surface area contributed by atoms with E-state index < -0.39 is 5.63 Å². The Labute approximate surface area is 171 Å². The van der Waals surface area contributed by atoms with Gasteiger partial charge >= 0.3 is 5.63 Å². The molecule has 0 spiro atoms. The molecule has 0 saturated carbocycles. The molecule has 2 heterocycles. The number of aromatic nitrogens is 1. The van der Waals surface area contributed by atoms with Crippen molar-refractivity contribution in [3.05, 3.63) is 81.7 Å². The zero-order valence-corrected chi connectivity index (χ0v) is 16.7. The largest absolute Gasteiger partial charge is 0.484 e. The third-order valence-corrected chi connectivity index (χ3v) is 5.29. The summed E-state index contributed by atoms with van der Waals surface area (Å²) in [5.74, 6) is 0.194. The second-order valence-corrected chi connectivity index (χ2v) is 7.37. The number of amides is 1. The molecule has 146 valence electrons. The van der Waals surface area contributed by atoms with Crippen molar-refractivity contribution >= 4 is 39.0 Å². The number of para-hydroxylation sites is 1. The predicted molar refractivity (Wildman–Crippen MR) is 113 cm³/mol. The molecular weight excluding hydrogens is 388 g/mol. The van der Waals surface area contributed by atoms with Crippen LogP contribution in [0.15, 0.2) is 69.2 Å². The maximum atomic E-state index is 13.0. The van der Waals surface area contributed by atoms with E-state index in [-0.39, 0.29) is 12.5 Å². The van der Waals surface area contributed by atoms with E-state index in [0.29, 0.717) is 16.5 Å². The van der Waals surface area contributed by atoms with Crippen molar-refractivity contribution in [1.82, 2.24) is 4.98 Å². The van der Waals surface area contributed by atoms with E-state index in [0.717, 1.165) is 22.3 Å². The molecule has 0 aliphatic heterocycles. The second-order valence-electron chi connectivity index (χ2n) is 6.53. The van der Waals surface area contributed by atoms with Gasteiger partial charge in [0.2, 0.25) is 0 Å². The SMILES string of the molecule is Cc1csc(N(C(=O)COc2ccc3c(C)cc(=O)oc3c2)c2ccccc2)n1. The standard InChI is InChI=1S/C22H18N2O4S/c1-14-10-21(26)28-19-11-17(8-9-18(14)19)27-12-20(25)24(16-6-4-3-5-7-16)22-23-15(2)13-29-22/h3-11,13H,12H2,1-2H3. The van der Waals surface area contributed by atoms with Gasteiger partial charge in [0.15, 0.2) is 11.7 Å². The Kier molecular flexibility index (Phi) is 5.14. The van der Waals surface area contributed by atoms with Crippen LogP contribution in [0.4, 0.5) is 10.8 Å². The molecule has 4 rings (SSSR count). The van der Waals surface area contributed by atoms with Crippen LogP contribution in [0.25, 0.3) is 11.0 Å². The topological polar surface area (TPSA) is 72.6 Å². The number of fused-ring (bicyclic) bond motifs is 1. The summed E-state index contributed by atoms with van der Waals surface area (Å²) < 4.78 is 10.9. The van der Waals surface area contributed by atoms with Crippen LogP contribution in [0, 0.1) is 13.8 Å². The van der Waals surface area contributed by atoms with Crippen molar-refractivity contribution < 1.29 is 13.9 Å². The van der Waals surface area contributed by atoms with E-state index in [1.165, 1.54) is 17.4 Å². The Balaban J connectivity index is 1.58. The molecule has 6 nitrogen and oxygen atoms in total. The number of hydrogen-bond donors (Lipinski definition) is 0. The van der Waals surface area contributed by atoms with Gasteiger partial charge < -0.3 is 9.15 Å². The fourth-order valence-electron chi connectivity index (χ4n) is 2.99. The highest BCUT2D eigenvalue weighted by molar-refractivity contribution is 7.14. The molecular formula is C22H18N2O4S. The summed E-state index contributed by atoms with van der Waals surface area (Å²) >= 11 is 1.40. The molecule has 0 saturated heterocycles. The van der Waals surface area contributed by atoms with Crippen LogP contribution in [0.1, 0.15) is 11.3 Å². The number of carbonyl (C=O) groups excluding carboxylic acids is 1. The lowest BCUT2D eigenvalue weighted by molar-refractivity contribution is -0.119. The maximum Gasteiger partial charge on any atom is 0.336 e. The average molecular weight is 406 g/mol. The molecule has 0 N–H and O–H groups in total. The fraction of sp³-hybridized carbons (Fsp3) is 0.136. The third-order valence-electron chi connectivity index (χ3n) is 4.35. The lowest BCUT2D eigenvalue weighted by Gasteiger charge is -2.20. The minimum Gasteiger partial charge on any atom is -0.484 e. The number of thiazole rings is 1. The number of ether oxygens (including phenoxy) is 1. The van der Waals surface area contributed by atoms with Gasteiger partial charge in [-0.2, -0.15) is 0 Å². The Morgan fingerprint density at radius 1 is 1.14 bits per heavy atom. The monoisotopic (exact) mass is 406 g/mol. The minimum atomic E-state index is -0.419. The Morgan fingerprint density at radius 2 is 1.93 bits per heavy atom. The van der Waals surface area contributed by atoms with Gasteiger partial charge in [-0.3, -0.25) is 9.69 Å². The molecule has 0 fully saturated rings. The number of nitrogens with zero attached hydrogens (tertiary/aromatic N) is 2. The summed E-state index contributed by atoms with van der Waals surface area (Å²) in [7, 11) is 0. The number of carbonyl (C=O) groups is 1. The van der Waals surface area contributed by atoms with Gasteiger partial charge in [-0.05, 0) is 43.7 Å². The molecule has 0 aliphatic carbocycles. The van der Waals surface area contributed by atoms with Crippen molar-refractivity contribution in [2.45, 2.75) is 13.8 Å². The normalized spacial score (nSPS) is 10.8. The minimum absolute atomic E-state index is 0.185. The molecule has 0 unspecified atom stereocenters. The maximum absolute atomic E-state index is 13.0. The van der Waals surface area contributed by atoms with Gasteiger partial charge in [0.1, 0.15) is 11.3 Å². The smallest absolute Gasteiger partial charge is 0.336 e.